The second kappa shape index (κ2) is 4.75. The summed E-state index contributed by atoms with van der Waals surface area (Å²) in [5.41, 5.74) is 9.03. The lowest BCUT2D eigenvalue weighted by Gasteiger charge is -2.03. The number of aromatic hydroxyl groups is 1. The molecule has 0 saturated heterocycles. The lowest BCUT2D eigenvalue weighted by atomic mass is 10.1. The topological polar surface area (TPSA) is 87.3 Å². The number of amidine groups is 1. The van der Waals surface area contributed by atoms with Gasteiger partial charge in [0.25, 0.3) is 0 Å². The molecule has 1 heterocycles. The third-order valence-corrected chi connectivity index (χ3v) is 2.57. The van der Waals surface area contributed by atoms with Crippen LogP contribution in [0.15, 0.2) is 42.0 Å². The Morgan fingerprint density at radius 3 is 2.72 bits per heavy atom. The van der Waals surface area contributed by atoms with Crippen molar-refractivity contribution >= 4 is 5.84 Å². The van der Waals surface area contributed by atoms with E-state index in [2.05, 4.69) is 21.8 Å². The van der Waals surface area contributed by atoms with Crippen LogP contribution in [0, 0.1) is 6.92 Å². The molecule has 0 fully saturated rings. The second-order valence-corrected chi connectivity index (χ2v) is 3.82. The Morgan fingerprint density at radius 1 is 1.44 bits per heavy atom. The standard InChI is InChI=1S/C13H14N4O/c1-3-15-13(14)11-8(2)16-17-12(11)9-4-6-10(18)7-5-9/h3-7,18H,1H2,2H3,(H2,14,15)(H,16,17). The van der Waals surface area contributed by atoms with Gasteiger partial charge in [-0.1, -0.05) is 6.58 Å². The van der Waals surface area contributed by atoms with Gasteiger partial charge in [0.05, 0.1) is 5.56 Å². The van der Waals surface area contributed by atoms with Crippen LogP contribution in [0.5, 0.6) is 5.75 Å². The predicted molar refractivity (Wildman–Crippen MR) is 71.3 cm³/mol. The van der Waals surface area contributed by atoms with Crippen molar-refractivity contribution in [2.24, 2.45) is 10.7 Å². The highest BCUT2D eigenvalue weighted by Crippen LogP contribution is 2.25. The van der Waals surface area contributed by atoms with E-state index in [0.29, 0.717) is 11.5 Å². The first-order valence-electron chi connectivity index (χ1n) is 5.42. The van der Waals surface area contributed by atoms with Crippen LogP contribution in [-0.4, -0.2) is 21.1 Å². The van der Waals surface area contributed by atoms with E-state index >= 15 is 0 Å². The van der Waals surface area contributed by atoms with Gasteiger partial charge in [0.15, 0.2) is 0 Å². The zero-order valence-corrected chi connectivity index (χ0v) is 10.0. The number of nitrogens with one attached hydrogen (secondary N) is 1. The number of benzene rings is 1. The van der Waals surface area contributed by atoms with Gasteiger partial charge in [-0.05, 0) is 31.2 Å². The monoisotopic (exact) mass is 242 g/mol. The van der Waals surface area contributed by atoms with Gasteiger partial charge in [-0.15, -0.1) is 0 Å². The van der Waals surface area contributed by atoms with Gasteiger partial charge in [0.2, 0.25) is 0 Å². The molecule has 1 aromatic heterocycles. The molecule has 0 saturated carbocycles. The third-order valence-electron chi connectivity index (χ3n) is 2.57. The number of nitrogens with zero attached hydrogens (tertiary/aromatic N) is 2. The van der Waals surface area contributed by atoms with Crippen LogP contribution in [0.1, 0.15) is 11.3 Å². The van der Waals surface area contributed by atoms with Crippen molar-refractivity contribution in [1.82, 2.24) is 10.2 Å². The van der Waals surface area contributed by atoms with Crippen LogP contribution >= 0.6 is 0 Å². The summed E-state index contributed by atoms with van der Waals surface area (Å²) in [5.74, 6) is 0.569. The molecule has 0 unspecified atom stereocenters. The molecule has 0 aliphatic rings. The molecule has 2 aromatic rings. The van der Waals surface area contributed by atoms with Gasteiger partial charge in [-0.25, -0.2) is 4.99 Å². The number of phenols is 1. The Kier molecular flexibility index (Phi) is 3.14. The Balaban J connectivity index is 2.55. The van der Waals surface area contributed by atoms with E-state index in [0.717, 1.165) is 16.8 Å². The zero-order valence-electron chi connectivity index (χ0n) is 10.0. The summed E-state index contributed by atoms with van der Waals surface area (Å²) in [4.78, 5) is 3.98. The average Bonchev–Trinajstić information content (AvgIpc) is 2.72. The fourth-order valence-electron chi connectivity index (χ4n) is 1.73. The summed E-state index contributed by atoms with van der Waals surface area (Å²) < 4.78 is 0. The number of rotatable bonds is 3. The Bertz CT molecular complexity index is 596. The van der Waals surface area contributed by atoms with Gasteiger partial charge >= 0.3 is 0 Å². The van der Waals surface area contributed by atoms with Crippen molar-refractivity contribution in [1.29, 1.82) is 0 Å². The maximum atomic E-state index is 9.28. The van der Waals surface area contributed by atoms with Gasteiger partial charge in [0.1, 0.15) is 17.3 Å². The van der Waals surface area contributed by atoms with Gasteiger partial charge in [-0.2, -0.15) is 5.10 Å². The average molecular weight is 242 g/mol. The molecule has 0 atom stereocenters. The number of hydrogen-bond acceptors (Lipinski definition) is 3. The Hall–Kier alpha value is -2.56. The molecule has 5 nitrogen and oxygen atoms in total. The third kappa shape index (κ3) is 2.10. The highest BCUT2D eigenvalue weighted by Gasteiger charge is 2.15. The summed E-state index contributed by atoms with van der Waals surface area (Å²) in [5, 5.41) is 16.4. The molecule has 2 rings (SSSR count). The first kappa shape index (κ1) is 11.9. The number of aromatic amines is 1. The summed E-state index contributed by atoms with van der Waals surface area (Å²) in [6.45, 7) is 5.40. The number of aromatic nitrogens is 2. The van der Waals surface area contributed by atoms with E-state index in [1.165, 1.54) is 6.20 Å². The Labute approximate surface area is 105 Å². The molecular weight excluding hydrogens is 228 g/mol. The normalized spacial score (nSPS) is 11.5. The van der Waals surface area contributed by atoms with Crippen molar-refractivity contribution in [2.75, 3.05) is 0 Å². The second-order valence-electron chi connectivity index (χ2n) is 3.82. The van der Waals surface area contributed by atoms with E-state index < -0.39 is 0 Å². The predicted octanol–water partition coefficient (Wildman–Crippen LogP) is 1.94. The molecule has 1 aromatic carbocycles. The van der Waals surface area contributed by atoms with E-state index in [9.17, 15) is 5.11 Å². The van der Waals surface area contributed by atoms with Crippen LogP contribution in [0.3, 0.4) is 0 Å². The number of aliphatic imine (C=N–C) groups is 1. The molecule has 5 heteroatoms. The fraction of sp³-hybridized carbons (Fsp3) is 0.0769. The number of H-pyrrole nitrogens is 1. The van der Waals surface area contributed by atoms with Crippen molar-refractivity contribution in [3.05, 3.63) is 48.3 Å². The minimum atomic E-state index is 0.209. The van der Waals surface area contributed by atoms with Crippen LogP contribution < -0.4 is 5.73 Å². The summed E-state index contributed by atoms with van der Waals surface area (Å²) in [6, 6.07) is 6.75. The van der Waals surface area contributed by atoms with Crippen LogP contribution in [-0.2, 0) is 0 Å². The zero-order chi connectivity index (χ0) is 13.1. The summed E-state index contributed by atoms with van der Waals surface area (Å²) in [6.07, 6.45) is 1.39. The molecular formula is C13H14N4O. The van der Waals surface area contributed by atoms with Gasteiger partial charge in [-0.3, -0.25) is 5.10 Å². The minimum absolute atomic E-state index is 0.209. The molecule has 0 bridgehead atoms. The maximum absolute atomic E-state index is 9.28. The van der Waals surface area contributed by atoms with Gasteiger partial charge in [0, 0.05) is 17.5 Å². The molecule has 0 amide bonds. The molecule has 92 valence electrons. The quantitative estimate of drug-likeness (QED) is 0.567. The molecule has 18 heavy (non-hydrogen) atoms. The number of nitrogens with two attached hydrogens (primary N) is 1. The highest BCUT2D eigenvalue weighted by molar-refractivity contribution is 6.03. The first-order chi connectivity index (χ1) is 8.63. The van der Waals surface area contributed by atoms with Crippen molar-refractivity contribution in [3.8, 4) is 17.0 Å². The summed E-state index contributed by atoms with van der Waals surface area (Å²) >= 11 is 0. The summed E-state index contributed by atoms with van der Waals surface area (Å²) in [7, 11) is 0. The smallest absolute Gasteiger partial charge is 0.134 e. The molecule has 4 N–H and O–H groups in total. The number of hydrogen-bond donors (Lipinski definition) is 3. The van der Waals surface area contributed by atoms with E-state index in [4.69, 9.17) is 5.73 Å². The molecule has 0 aliphatic heterocycles. The van der Waals surface area contributed by atoms with E-state index in [-0.39, 0.29) is 5.75 Å². The highest BCUT2D eigenvalue weighted by atomic mass is 16.3. The molecule has 0 spiro atoms. The lowest BCUT2D eigenvalue weighted by molar-refractivity contribution is 0.475. The number of aryl methyl sites for hydroxylation is 1. The fourth-order valence-corrected chi connectivity index (χ4v) is 1.73. The molecule has 0 radical (unpaired) electrons. The van der Waals surface area contributed by atoms with E-state index in [1.807, 2.05) is 6.92 Å². The van der Waals surface area contributed by atoms with Crippen LogP contribution in [0.2, 0.25) is 0 Å². The van der Waals surface area contributed by atoms with Crippen molar-refractivity contribution in [3.63, 3.8) is 0 Å². The van der Waals surface area contributed by atoms with Crippen LogP contribution in [0.25, 0.3) is 11.3 Å². The Morgan fingerprint density at radius 2 is 2.11 bits per heavy atom. The van der Waals surface area contributed by atoms with Crippen LogP contribution in [0.4, 0.5) is 0 Å². The van der Waals surface area contributed by atoms with Crippen molar-refractivity contribution in [2.45, 2.75) is 6.92 Å². The van der Waals surface area contributed by atoms with E-state index in [1.54, 1.807) is 24.3 Å². The maximum Gasteiger partial charge on any atom is 0.134 e. The van der Waals surface area contributed by atoms with Gasteiger partial charge < -0.3 is 10.8 Å². The first-order valence-corrected chi connectivity index (χ1v) is 5.42. The lowest BCUT2D eigenvalue weighted by Crippen LogP contribution is -2.14. The van der Waals surface area contributed by atoms with Crippen molar-refractivity contribution < 1.29 is 5.11 Å². The minimum Gasteiger partial charge on any atom is -0.508 e. The SMILES string of the molecule is C=CN=C(N)c1c(-c2ccc(O)cc2)n[nH]c1C. The molecule has 0 aliphatic carbocycles. The largest absolute Gasteiger partial charge is 0.508 e. The number of phenolic OH excluding ortho intramolecular Hbond substituents is 1.